The van der Waals surface area contributed by atoms with E-state index in [1.54, 1.807) is 6.07 Å². The van der Waals surface area contributed by atoms with Crippen LogP contribution >= 0.6 is 0 Å². The number of anilines is 1. The van der Waals surface area contributed by atoms with Gasteiger partial charge in [0.05, 0.1) is 0 Å². The minimum Gasteiger partial charge on any atom is -0.508 e. The van der Waals surface area contributed by atoms with Crippen LogP contribution in [0.4, 0.5) is 5.69 Å². The highest BCUT2D eigenvalue weighted by atomic mass is 16.5. The molecule has 1 amide bonds. The van der Waals surface area contributed by atoms with E-state index >= 15 is 0 Å². The molecule has 2 rings (SSSR count). The number of ether oxygens (including phenoxy) is 1. The van der Waals surface area contributed by atoms with Crippen molar-refractivity contribution >= 4 is 17.6 Å². The van der Waals surface area contributed by atoms with E-state index in [-0.39, 0.29) is 17.2 Å². The first-order valence-electron chi connectivity index (χ1n) is 7.46. The number of hydrogen-bond acceptors (Lipinski definition) is 5. The summed E-state index contributed by atoms with van der Waals surface area (Å²) in [6.45, 7) is 3.54. The molecule has 6 nitrogen and oxygen atoms in total. The molecule has 3 N–H and O–H groups in total. The van der Waals surface area contributed by atoms with Crippen LogP contribution in [0.3, 0.4) is 0 Å². The van der Waals surface area contributed by atoms with E-state index in [1.807, 2.05) is 32.0 Å². The molecule has 24 heavy (non-hydrogen) atoms. The molecular formula is C18H19NO5. The quantitative estimate of drug-likeness (QED) is 0.733. The highest BCUT2D eigenvalue weighted by molar-refractivity contribution is 5.97. The zero-order chi connectivity index (χ0) is 17.7. The van der Waals surface area contributed by atoms with Crippen LogP contribution in [0.15, 0.2) is 42.5 Å². The Labute approximate surface area is 139 Å². The predicted molar refractivity (Wildman–Crippen MR) is 89.2 cm³/mol. The van der Waals surface area contributed by atoms with E-state index in [1.165, 1.54) is 12.1 Å². The number of nitrogens with one attached hydrogen (secondary N) is 1. The molecule has 0 fully saturated rings. The topological polar surface area (TPSA) is 95.9 Å². The van der Waals surface area contributed by atoms with Crippen molar-refractivity contribution < 1.29 is 24.5 Å². The number of carbonyl (C=O) groups is 2. The van der Waals surface area contributed by atoms with Gasteiger partial charge in [0.1, 0.15) is 17.1 Å². The summed E-state index contributed by atoms with van der Waals surface area (Å²) < 4.78 is 4.89. The highest BCUT2D eigenvalue weighted by Crippen LogP contribution is 2.24. The third-order valence-corrected chi connectivity index (χ3v) is 3.39. The Hall–Kier alpha value is -3.02. The summed E-state index contributed by atoms with van der Waals surface area (Å²) in [6.07, 6.45) is 0. The fourth-order valence-corrected chi connectivity index (χ4v) is 2.20. The van der Waals surface area contributed by atoms with Gasteiger partial charge in [-0.25, -0.2) is 4.79 Å². The second-order valence-electron chi connectivity index (χ2n) is 5.57. The molecule has 0 bridgehead atoms. The van der Waals surface area contributed by atoms with Crippen LogP contribution in [0, 0.1) is 0 Å². The van der Waals surface area contributed by atoms with E-state index in [4.69, 9.17) is 4.74 Å². The number of rotatable bonds is 5. The van der Waals surface area contributed by atoms with E-state index < -0.39 is 24.2 Å². The Morgan fingerprint density at radius 1 is 1.12 bits per heavy atom. The molecule has 126 valence electrons. The fourth-order valence-electron chi connectivity index (χ4n) is 2.20. The molecule has 0 aromatic heterocycles. The summed E-state index contributed by atoms with van der Waals surface area (Å²) in [5, 5.41) is 21.5. The smallest absolute Gasteiger partial charge is 0.342 e. The van der Waals surface area contributed by atoms with Gasteiger partial charge in [-0.3, -0.25) is 4.79 Å². The zero-order valence-electron chi connectivity index (χ0n) is 13.4. The van der Waals surface area contributed by atoms with Gasteiger partial charge in [0.15, 0.2) is 6.61 Å². The van der Waals surface area contributed by atoms with Crippen LogP contribution in [-0.2, 0) is 9.53 Å². The van der Waals surface area contributed by atoms with Crippen molar-refractivity contribution in [1.29, 1.82) is 0 Å². The van der Waals surface area contributed by atoms with Gasteiger partial charge >= 0.3 is 5.97 Å². The lowest BCUT2D eigenvalue weighted by atomic mass is 10.0. The molecule has 0 atom stereocenters. The van der Waals surface area contributed by atoms with Crippen LogP contribution in [0.5, 0.6) is 11.5 Å². The van der Waals surface area contributed by atoms with Crippen LogP contribution < -0.4 is 5.32 Å². The minimum absolute atomic E-state index is 0.122. The number of aromatic hydroxyl groups is 2. The van der Waals surface area contributed by atoms with Crippen molar-refractivity contribution in [2.24, 2.45) is 0 Å². The molecule has 0 aliphatic heterocycles. The van der Waals surface area contributed by atoms with Crippen LogP contribution in [-0.4, -0.2) is 28.7 Å². The Bertz CT molecular complexity index is 755. The Kier molecular flexibility index (Phi) is 5.42. The van der Waals surface area contributed by atoms with Gasteiger partial charge in [0.2, 0.25) is 0 Å². The number of para-hydroxylation sites is 1. The monoisotopic (exact) mass is 329 g/mol. The van der Waals surface area contributed by atoms with E-state index in [9.17, 15) is 19.8 Å². The number of amides is 1. The van der Waals surface area contributed by atoms with E-state index in [0.29, 0.717) is 5.69 Å². The molecule has 6 heteroatoms. The van der Waals surface area contributed by atoms with Gasteiger partial charge < -0.3 is 20.3 Å². The summed E-state index contributed by atoms with van der Waals surface area (Å²) in [6, 6.07) is 10.9. The molecule has 2 aromatic rings. The normalized spacial score (nSPS) is 10.5. The fraction of sp³-hybridized carbons (Fsp3) is 0.222. The molecule has 0 radical (unpaired) electrons. The number of phenolic OH excluding ortho intramolecular Hbond substituents is 2. The van der Waals surface area contributed by atoms with Crippen molar-refractivity contribution in [1.82, 2.24) is 0 Å². The Balaban J connectivity index is 1.97. The van der Waals surface area contributed by atoms with Crippen molar-refractivity contribution in [2.45, 2.75) is 19.8 Å². The van der Waals surface area contributed by atoms with Crippen LogP contribution in [0.2, 0.25) is 0 Å². The van der Waals surface area contributed by atoms with E-state index in [2.05, 4.69) is 5.32 Å². The van der Waals surface area contributed by atoms with Crippen LogP contribution in [0.1, 0.15) is 35.7 Å². The molecule has 2 aromatic carbocycles. The SMILES string of the molecule is CC(C)c1ccccc1NC(=O)COC(=O)c1ccc(O)cc1O. The first kappa shape index (κ1) is 17.3. The maximum Gasteiger partial charge on any atom is 0.342 e. The molecule has 0 unspecified atom stereocenters. The standard InChI is InChI=1S/C18H19NO5/c1-11(2)13-5-3-4-6-15(13)19-17(22)10-24-18(23)14-8-7-12(20)9-16(14)21/h3-9,11,20-21H,10H2,1-2H3,(H,19,22). The predicted octanol–water partition coefficient (Wildman–Crippen LogP) is 3.02. The van der Waals surface area contributed by atoms with Gasteiger partial charge in [0.25, 0.3) is 5.91 Å². The summed E-state index contributed by atoms with van der Waals surface area (Å²) >= 11 is 0. The first-order chi connectivity index (χ1) is 11.4. The second kappa shape index (κ2) is 7.50. The summed E-state index contributed by atoms with van der Waals surface area (Å²) in [5.41, 5.74) is 1.53. The lowest BCUT2D eigenvalue weighted by molar-refractivity contribution is -0.119. The largest absolute Gasteiger partial charge is 0.508 e. The number of esters is 1. The highest BCUT2D eigenvalue weighted by Gasteiger charge is 2.15. The van der Waals surface area contributed by atoms with Crippen molar-refractivity contribution in [2.75, 3.05) is 11.9 Å². The zero-order valence-corrected chi connectivity index (χ0v) is 13.4. The van der Waals surface area contributed by atoms with Gasteiger partial charge in [-0.2, -0.15) is 0 Å². The van der Waals surface area contributed by atoms with Gasteiger partial charge in [-0.05, 0) is 29.7 Å². The number of hydrogen-bond donors (Lipinski definition) is 3. The maximum absolute atomic E-state index is 12.0. The van der Waals surface area contributed by atoms with Crippen molar-refractivity contribution in [3.63, 3.8) is 0 Å². The minimum atomic E-state index is -0.847. The van der Waals surface area contributed by atoms with Gasteiger partial charge in [-0.1, -0.05) is 32.0 Å². The molecule has 0 aliphatic carbocycles. The van der Waals surface area contributed by atoms with Crippen molar-refractivity contribution in [3.8, 4) is 11.5 Å². The Morgan fingerprint density at radius 3 is 2.50 bits per heavy atom. The number of phenols is 2. The molecule has 0 saturated carbocycles. The Morgan fingerprint density at radius 2 is 1.83 bits per heavy atom. The average molecular weight is 329 g/mol. The lowest BCUT2D eigenvalue weighted by Gasteiger charge is -2.13. The maximum atomic E-state index is 12.0. The average Bonchev–Trinajstić information content (AvgIpc) is 2.53. The number of carbonyl (C=O) groups excluding carboxylic acids is 2. The second-order valence-corrected chi connectivity index (χ2v) is 5.57. The summed E-state index contributed by atoms with van der Waals surface area (Å²) in [5.74, 6) is -1.68. The third-order valence-electron chi connectivity index (χ3n) is 3.39. The van der Waals surface area contributed by atoms with Crippen LogP contribution in [0.25, 0.3) is 0 Å². The number of benzene rings is 2. The van der Waals surface area contributed by atoms with Crippen molar-refractivity contribution in [3.05, 3.63) is 53.6 Å². The van der Waals surface area contributed by atoms with E-state index in [0.717, 1.165) is 11.6 Å². The third kappa shape index (κ3) is 4.25. The molecule has 0 aliphatic rings. The first-order valence-corrected chi connectivity index (χ1v) is 7.46. The molecular weight excluding hydrogens is 310 g/mol. The summed E-state index contributed by atoms with van der Waals surface area (Å²) in [4.78, 5) is 23.8. The van der Waals surface area contributed by atoms with Gasteiger partial charge in [-0.15, -0.1) is 0 Å². The summed E-state index contributed by atoms with van der Waals surface area (Å²) in [7, 11) is 0. The van der Waals surface area contributed by atoms with Gasteiger partial charge in [0, 0.05) is 11.8 Å². The molecule has 0 spiro atoms. The molecule has 0 saturated heterocycles. The molecule has 0 heterocycles. The lowest BCUT2D eigenvalue weighted by Crippen LogP contribution is -2.21.